The standard InChI is InChI=1S/C12H13NO2/c1-3-10-8-12(15-13-10)9-4-6-11(14-2)7-5-9/h4-8H,3H2,1-2H3. The summed E-state index contributed by atoms with van der Waals surface area (Å²) in [5.41, 5.74) is 1.99. The minimum atomic E-state index is 0.800. The molecule has 0 aliphatic rings. The Kier molecular flexibility index (Phi) is 2.72. The van der Waals surface area contributed by atoms with Crippen molar-refractivity contribution in [2.45, 2.75) is 13.3 Å². The second-order valence-corrected chi connectivity index (χ2v) is 3.26. The lowest BCUT2D eigenvalue weighted by atomic mass is 10.1. The highest BCUT2D eigenvalue weighted by atomic mass is 16.5. The number of aryl methyl sites for hydroxylation is 1. The SMILES string of the molecule is CCc1cc(-c2ccc(OC)cc2)on1. The molecule has 0 unspecified atom stereocenters. The van der Waals surface area contributed by atoms with Gasteiger partial charge in [0.1, 0.15) is 5.75 Å². The van der Waals surface area contributed by atoms with Gasteiger partial charge in [-0.2, -0.15) is 0 Å². The molecule has 0 saturated heterocycles. The molecule has 2 aromatic rings. The van der Waals surface area contributed by atoms with Crippen molar-refractivity contribution in [3.05, 3.63) is 36.0 Å². The summed E-state index contributed by atoms with van der Waals surface area (Å²) in [5, 5.41) is 3.95. The van der Waals surface area contributed by atoms with Crippen molar-refractivity contribution in [1.29, 1.82) is 0 Å². The van der Waals surface area contributed by atoms with E-state index in [0.29, 0.717) is 0 Å². The van der Waals surface area contributed by atoms with E-state index in [1.807, 2.05) is 30.3 Å². The van der Waals surface area contributed by atoms with Gasteiger partial charge in [0.2, 0.25) is 0 Å². The van der Waals surface area contributed by atoms with E-state index < -0.39 is 0 Å². The summed E-state index contributed by atoms with van der Waals surface area (Å²) in [6, 6.07) is 9.69. The van der Waals surface area contributed by atoms with Gasteiger partial charge >= 0.3 is 0 Å². The lowest BCUT2D eigenvalue weighted by Gasteiger charge is -1.99. The summed E-state index contributed by atoms with van der Waals surface area (Å²) >= 11 is 0. The predicted molar refractivity (Wildman–Crippen MR) is 57.9 cm³/mol. The number of methoxy groups -OCH3 is 1. The fourth-order valence-corrected chi connectivity index (χ4v) is 1.37. The van der Waals surface area contributed by atoms with E-state index in [2.05, 4.69) is 12.1 Å². The van der Waals surface area contributed by atoms with Gasteiger partial charge < -0.3 is 9.26 Å². The number of aromatic nitrogens is 1. The highest BCUT2D eigenvalue weighted by molar-refractivity contribution is 5.58. The van der Waals surface area contributed by atoms with Gasteiger partial charge in [0.25, 0.3) is 0 Å². The summed E-state index contributed by atoms with van der Waals surface area (Å²) in [6.45, 7) is 2.05. The molecule has 15 heavy (non-hydrogen) atoms. The molecule has 1 aromatic heterocycles. The zero-order valence-electron chi connectivity index (χ0n) is 8.86. The molecule has 3 heteroatoms. The summed E-state index contributed by atoms with van der Waals surface area (Å²) in [7, 11) is 1.65. The molecule has 0 spiro atoms. The minimum Gasteiger partial charge on any atom is -0.497 e. The summed E-state index contributed by atoms with van der Waals surface area (Å²) in [4.78, 5) is 0. The molecule has 0 saturated carbocycles. The molecule has 1 heterocycles. The zero-order chi connectivity index (χ0) is 10.7. The van der Waals surface area contributed by atoms with Crippen LogP contribution in [0.5, 0.6) is 5.75 Å². The topological polar surface area (TPSA) is 35.3 Å². The Morgan fingerprint density at radius 1 is 1.27 bits per heavy atom. The van der Waals surface area contributed by atoms with Gasteiger partial charge in [0.05, 0.1) is 12.8 Å². The van der Waals surface area contributed by atoms with Crippen molar-refractivity contribution in [2.24, 2.45) is 0 Å². The van der Waals surface area contributed by atoms with Crippen LogP contribution >= 0.6 is 0 Å². The van der Waals surface area contributed by atoms with Crippen LogP contribution in [0.3, 0.4) is 0 Å². The van der Waals surface area contributed by atoms with E-state index in [-0.39, 0.29) is 0 Å². The normalized spacial score (nSPS) is 10.3. The Bertz CT molecular complexity index is 431. The second-order valence-electron chi connectivity index (χ2n) is 3.26. The molecule has 0 aliphatic heterocycles. The Morgan fingerprint density at radius 2 is 2.00 bits per heavy atom. The van der Waals surface area contributed by atoms with Gasteiger partial charge in [-0.05, 0) is 30.7 Å². The number of ether oxygens (including phenoxy) is 1. The van der Waals surface area contributed by atoms with Crippen molar-refractivity contribution in [3.8, 4) is 17.1 Å². The third kappa shape index (κ3) is 2.01. The molecule has 1 aromatic carbocycles. The Balaban J connectivity index is 2.28. The van der Waals surface area contributed by atoms with Crippen LogP contribution in [0.4, 0.5) is 0 Å². The first kappa shape index (κ1) is 9.77. The monoisotopic (exact) mass is 203 g/mol. The van der Waals surface area contributed by atoms with E-state index in [0.717, 1.165) is 29.2 Å². The van der Waals surface area contributed by atoms with E-state index in [1.165, 1.54) is 0 Å². The van der Waals surface area contributed by atoms with Gasteiger partial charge in [0.15, 0.2) is 5.76 Å². The smallest absolute Gasteiger partial charge is 0.167 e. The highest BCUT2D eigenvalue weighted by Gasteiger charge is 2.05. The van der Waals surface area contributed by atoms with E-state index >= 15 is 0 Å². The predicted octanol–water partition coefficient (Wildman–Crippen LogP) is 2.91. The Hall–Kier alpha value is -1.77. The van der Waals surface area contributed by atoms with Crippen molar-refractivity contribution in [1.82, 2.24) is 5.16 Å². The third-order valence-corrected chi connectivity index (χ3v) is 2.30. The maximum atomic E-state index is 5.22. The molecule has 78 valence electrons. The minimum absolute atomic E-state index is 0.800. The molecular formula is C12H13NO2. The van der Waals surface area contributed by atoms with Crippen LogP contribution < -0.4 is 4.74 Å². The third-order valence-electron chi connectivity index (χ3n) is 2.30. The molecule has 0 fully saturated rings. The fourth-order valence-electron chi connectivity index (χ4n) is 1.37. The van der Waals surface area contributed by atoms with Gasteiger partial charge in [-0.25, -0.2) is 0 Å². The second kappa shape index (κ2) is 4.17. The molecule has 0 amide bonds. The van der Waals surface area contributed by atoms with Crippen molar-refractivity contribution in [3.63, 3.8) is 0 Å². The van der Waals surface area contributed by atoms with Crippen molar-refractivity contribution >= 4 is 0 Å². The lowest BCUT2D eigenvalue weighted by molar-refractivity contribution is 0.414. The van der Waals surface area contributed by atoms with E-state index in [9.17, 15) is 0 Å². The van der Waals surface area contributed by atoms with Crippen molar-refractivity contribution in [2.75, 3.05) is 7.11 Å². The maximum absolute atomic E-state index is 5.22. The fraction of sp³-hybridized carbons (Fsp3) is 0.250. The highest BCUT2D eigenvalue weighted by Crippen LogP contribution is 2.22. The van der Waals surface area contributed by atoms with Crippen LogP contribution in [-0.4, -0.2) is 12.3 Å². The first-order chi connectivity index (χ1) is 7.33. The van der Waals surface area contributed by atoms with Crippen LogP contribution in [0.1, 0.15) is 12.6 Å². The number of nitrogens with zero attached hydrogens (tertiary/aromatic N) is 1. The number of rotatable bonds is 3. The van der Waals surface area contributed by atoms with Crippen LogP contribution in [0.25, 0.3) is 11.3 Å². The molecule has 3 nitrogen and oxygen atoms in total. The summed E-state index contributed by atoms with van der Waals surface area (Å²) in [6.07, 6.45) is 0.889. The van der Waals surface area contributed by atoms with Gasteiger partial charge in [-0.3, -0.25) is 0 Å². The van der Waals surface area contributed by atoms with Gasteiger partial charge in [-0.15, -0.1) is 0 Å². The summed E-state index contributed by atoms with van der Waals surface area (Å²) < 4.78 is 10.3. The molecular weight excluding hydrogens is 190 g/mol. The van der Waals surface area contributed by atoms with Gasteiger partial charge in [-0.1, -0.05) is 12.1 Å². The lowest BCUT2D eigenvalue weighted by Crippen LogP contribution is -1.81. The number of hydrogen-bond donors (Lipinski definition) is 0. The van der Waals surface area contributed by atoms with E-state index in [1.54, 1.807) is 7.11 Å². The largest absolute Gasteiger partial charge is 0.497 e. The Morgan fingerprint density at radius 3 is 2.53 bits per heavy atom. The van der Waals surface area contributed by atoms with Gasteiger partial charge in [0, 0.05) is 11.6 Å². The molecule has 0 N–H and O–H groups in total. The molecule has 0 bridgehead atoms. The average Bonchev–Trinajstić information content (AvgIpc) is 2.78. The first-order valence-corrected chi connectivity index (χ1v) is 4.93. The molecule has 0 radical (unpaired) electrons. The van der Waals surface area contributed by atoms with Crippen LogP contribution in [0, 0.1) is 0 Å². The van der Waals surface area contributed by atoms with Crippen molar-refractivity contribution < 1.29 is 9.26 Å². The van der Waals surface area contributed by atoms with E-state index in [4.69, 9.17) is 9.26 Å². The van der Waals surface area contributed by atoms with Crippen LogP contribution in [0.15, 0.2) is 34.9 Å². The quantitative estimate of drug-likeness (QED) is 0.769. The number of hydrogen-bond acceptors (Lipinski definition) is 3. The maximum Gasteiger partial charge on any atom is 0.167 e. The first-order valence-electron chi connectivity index (χ1n) is 4.93. The van der Waals surface area contributed by atoms with Crippen LogP contribution in [0.2, 0.25) is 0 Å². The average molecular weight is 203 g/mol. The number of benzene rings is 1. The summed E-state index contributed by atoms with van der Waals surface area (Å²) in [5.74, 6) is 1.64. The Labute approximate surface area is 88.7 Å². The van der Waals surface area contributed by atoms with Crippen LogP contribution in [-0.2, 0) is 6.42 Å². The molecule has 0 aliphatic carbocycles. The molecule has 2 rings (SSSR count). The zero-order valence-corrected chi connectivity index (χ0v) is 8.86. The molecule has 0 atom stereocenters.